The smallest absolute Gasteiger partial charge is 0.248 e. The van der Waals surface area contributed by atoms with Gasteiger partial charge in [-0.05, 0) is 41.8 Å². The number of primary amides is 1. The Bertz CT molecular complexity index is 952. The third kappa shape index (κ3) is 6.51. The van der Waals surface area contributed by atoms with Crippen LogP contribution in [-0.4, -0.2) is 41.5 Å². The number of benzene rings is 3. The molecule has 0 aromatic heterocycles. The number of nitrogens with one attached hydrogen (secondary N) is 1. The van der Waals surface area contributed by atoms with Crippen LogP contribution in [0.1, 0.15) is 40.4 Å². The molecule has 0 aliphatic rings. The molecule has 0 saturated carbocycles. The molecule has 0 spiro atoms. The monoisotopic (exact) mass is 431 g/mol. The Kier molecular flexibility index (Phi) is 8.54. The molecule has 4 N–H and O–H groups in total. The van der Waals surface area contributed by atoms with E-state index in [2.05, 4.69) is 34.5 Å². The maximum Gasteiger partial charge on any atom is 0.248 e. The predicted octanol–water partition coefficient (Wildman–Crippen LogP) is 3.59. The zero-order chi connectivity index (χ0) is 22.8. The van der Waals surface area contributed by atoms with Crippen LogP contribution in [0.4, 0.5) is 5.69 Å². The highest BCUT2D eigenvalue weighted by Crippen LogP contribution is 2.29. The van der Waals surface area contributed by atoms with Crippen molar-refractivity contribution in [2.75, 3.05) is 25.0 Å². The minimum Gasteiger partial charge on any atom is -0.396 e. The van der Waals surface area contributed by atoms with Crippen molar-refractivity contribution in [3.05, 3.63) is 102 Å². The number of carbonyl (C=O) groups is 2. The first-order valence-electron chi connectivity index (χ1n) is 10.7. The number of amides is 2. The highest BCUT2D eigenvalue weighted by Gasteiger charge is 2.22. The van der Waals surface area contributed by atoms with Gasteiger partial charge in [0.1, 0.15) is 0 Å². The Hall–Kier alpha value is -3.48. The number of aliphatic hydroxyl groups is 1. The van der Waals surface area contributed by atoms with Crippen LogP contribution < -0.4 is 11.1 Å². The molecule has 0 heterocycles. The third-order valence-corrected chi connectivity index (χ3v) is 5.28. The predicted molar refractivity (Wildman–Crippen MR) is 126 cm³/mol. The van der Waals surface area contributed by atoms with Crippen molar-refractivity contribution in [2.45, 2.75) is 18.9 Å². The van der Waals surface area contributed by atoms with Crippen LogP contribution in [0.25, 0.3) is 0 Å². The van der Waals surface area contributed by atoms with E-state index in [1.807, 2.05) is 36.4 Å². The minimum atomic E-state index is -0.504. The number of aliphatic hydroxyl groups excluding tert-OH is 1. The van der Waals surface area contributed by atoms with Gasteiger partial charge >= 0.3 is 0 Å². The van der Waals surface area contributed by atoms with Crippen molar-refractivity contribution < 1.29 is 14.7 Å². The lowest BCUT2D eigenvalue weighted by Gasteiger charge is -2.32. The van der Waals surface area contributed by atoms with Gasteiger partial charge in [0.15, 0.2) is 0 Å². The molecule has 0 atom stereocenters. The molecule has 0 aliphatic heterocycles. The fraction of sp³-hybridized carbons (Fsp3) is 0.231. The molecular weight excluding hydrogens is 402 g/mol. The summed E-state index contributed by atoms with van der Waals surface area (Å²) < 4.78 is 0. The molecule has 2 amide bonds. The summed E-state index contributed by atoms with van der Waals surface area (Å²) in [5.74, 6) is -0.624. The standard InChI is InChI=1S/C26H29N3O3/c27-26(32)22-12-14-23(15-13-22)28-24(31)16-18-29(17-7-19-30)25(20-8-3-1-4-9-20)21-10-5-2-6-11-21/h1-6,8-15,25,30H,7,16-19H2,(H2,27,32)(H,28,31). The van der Waals surface area contributed by atoms with Gasteiger partial charge in [0.2, 0.25) is 11.8 Å². The van der Waals surface area contributed by atoms with Gasteiger partial charge in [0, 0.05) is 37.4 Å². The second-order valence-corrected chi connectivity index (χ2v) is 7.58. The molecule has 0 bridgehead atoms. The van der Waals surface area contributed by atoms with E-state index in [-0.39, 0.29) is 18.6 Å². The topological polar surface area (TPSA) is 95.7 Å². The lowest BCUT2D eigenvalue weighted by atomic mass is 9.96. The van der Waals surface area contributed by atoms with Crippen LogP contribution in [0.2, 0.25) is 0 Å². The summed E-state index contributed by atoms with van der Waals surface area (Å²) in [6, 6.07) is 26.9. The van der Waals surface area contributed by atoms with Crippen molar-refractivity contribution in [3.8, 4) is 0 Å². The highest BCUT2D eigenvalue weighted by atomic mass is 16.3. The van der Waals surface area contributed by atoms with E-state index in [1.54, 1.807) is 24.3 Å². The molecule has 0 saturated heterocycles. The molecule has 6 nitrogen and oxygen atoms in total. The number of hydrogen-bond donors (Lipinski definition) is 3. The zero-order valence-corrected chi connectivity index (χ0v) is 18.0. The fourth-order valence-corrected chi connectivity index (χ4v) is 3.72. The summed E-state index contributed by atoms with van der Waals surface area (Å²) in [5, 5.41) is 12.3. The van der Waals surface area contributed by atoms with E-state index in [1.165, 1.54) is 0 Å². The van der Waals surface area contributed by atoms with E-state index in [0.717, 1.165) is 11.1 Å². The SMILES string of the molecule is NC(=O)c1ccc(NC(=O)CCN(CCCO)C(c2ccccc2)c2ccccc2)cc1. The van der Waals surface area contributed by atoms with Crippen LogP contribution in [0.5, 0.6) is 0 Å². The Morgan fingerprint density at radius 2 is 1.41 bits per heavy atom. The first-order chi connectivity index (χ1) is 15.6. The summed E-state index contributed by atoms with van der Waals surface area (Å²) >= 11 is 0. The average Bonchev–Trinajstić information content (AvgIpc) is 2.82. The maximum absolute atomic E-state index is 12.6. The van der Waals surface area contributed by atoms with E-state index < -0.39 is 5.91 Å². The van der Waals surface area contributed by atoms with Gasteiger partial charge in [-0.1, -0.05) is 60.7 Å². The Morgan fingerprint density at radius 3 is 1.91 bits per heavy atom. The van der Waals surface area contributed by atoms with Crippen molar-refractivity contribution in [2.24, 2.45) is 5.73 Å². The lowest BCUT2D eigenvalue weighted by Crippen LogP contribution is -2.34. The van der Waals surface area contributed by atoms with E-state index >= 15 is 0 Å². The van der Waals surface area contributed by atoms with Crippen molar-refractivity contribution in [1.82, 2.24) is 4.90 Å². The number of rotatable bonds is 11. The van der Waals surface area contributed by atoms with Crippen LogP contribution in [-0.2, 0) is 4.79 Å². The molecule has 32 heavy (non-hydrogen) atoms. The number of hydrogen-bond acceptors (Lipinski definition) is 4. The number of carbonyl (C=O) groups excluding carboxylic acids is 2. The van der Waals surface area contributed by atoms with Gasteiger partial charge in [-0.3, -0.25) is 14.5 Å². The van der Waals surface area contributed by atoms with Crippen LogP contribution in [0.3, 0.4) is 0 Å². The molecule has 3 rings (SSSR count). The van der Waals surface area contributed by atoms with Crippen molar-refractivity contribution in [3.63, 3.8) is 0 Å². The summed E-state index contributed by atoms with van der Waals surface area (Å²) in [6.45, 7) is 1.27. The maximum atomic E-state index is 12.6. The summed E-state index contributed by atoms with van der Waals surface area (Å²) in [5.41, 5.74) is 8.55. The van der Waals surface area contributed by atoms with E-state index in [0.29, 0.717) is 37.2 Å². The number of nitrogens with zero attached hydrogens (tertiary/aromatic N) is 1. The first kappa shape index (κ1) is 23.2. The van der Waals surface area contributed by atoms with Gasteiger partial charge in [0.25, 0.3) is 0 Å². The average molecular weight is 432 g/mol. The molecule has 3 aromatic rings. The minimum absolute atomic E-state index is 0.0217. The quantitative estimate of drug-likeness (QED) is 0.432. The van der Waals surface area contributed by atoms with Gasteiger partial charge < -0.3 is 16.2 Å². The lowest BCUT2D eigenvalue weighted by molar-refractivity contribution is -0.116. The Morgan fingerprint density at radius 1 is 0.844 bits per heavy atom. The van der Waals surface area contributed by atoms with E-state index in [9.17, 15) is 14.7 Å². The van der Waals surface area contributed by atoms with Crippen LogP contribution >= 0.6 is 0 Å². The second kappa shape index (κ2) is 11.8. The fourth-order valence-electron chi connectivity index (χ4n) is 3.72. The molecular formula is C26H29N3O3. The molecule has 6 heteroatoms. The third-order valence-electron chi connectivity index (χ3n) is 5.28. The van der Waals surface area contributed by atoms with Gasteiger partial charge in [0.05, 0.1) is 6.04 Å². The second-order valence-electron chi connectivity index (χ2n) is 7.58. The number of nitrogens with two attached hydrogens (primary N) is 1. The zero-order valence-electron chi connectivity index (χ0n) is 18.0. The molecule has 166 valence electrons. The van der Waals surface area contributed by atoms with Crippen molar-refractivity contribution in [1.29, 1.82) is 0 Å². The normalized spacial score (nSPS) is 11.0. The number of anilines is 1. The Labute approximate surface area is 188 Å². The van der Waals surface area contributed by atoms with Crippen LogP contribution in [0.15, 0.2) is 84.9 Å². The summed E-state index contributed by atoms with van der Waals surface area (Å²) in [6.07, 6.45) is 0.908. The van der Waals surface area contributed by atoms with Gasteiger partial charge in [-0.15, -0.1) is 0 Å². The molecule has 0 fully saturated rings. The molecule has 3 aromatic carbocycles. The first-order valence-corrected chi connectivity index (χ1v) is 10.7. The largest absolute Gasteiger partial charge is 0.396 e. The summed E-state index contributed by atoms with van der Waals surface area (Å²) in [4.78, 5) is 26.1. The highest BCUT2D eigenvalue weighted by molar-refractivity contribution is 5.94. The van der Waals surface area contributed by atoms with Crippen molar-refractivity contribution >= 4 is 17.5 Å². The molecule has 0 radical (unpaired) electrons. The van der Waals surface area contributed by atoms with Gasteiger partial charge in [-0.2, -0.15) is 0 Å². The van der Waals surface area contributed by atoms with E-state index in [4.69, 9.17) is 5.73 Å². The summed E-state index contributed by atoms with van der Waals surface area (Å²) in [7, 11) is 0. The molecule has 0 unspecified atom stereocenters. The van der Waals surface area contributed by atoms with Gasteiger partial charge in [-0.25, -0.2) is 0 Å². The molecule has 0 aliphatic carbocycles. The Balaban J connectivity index is 1.74. The van der Waals surface area contributed by atoms with Crippen LogP contribution in [0, 0.1) is 0 Å².